The maximum atomic E-state index is 12.3. The van der Waals surface area contributed by atoms with E-state index >= 15 is 0 Å². The van der Waals surface area contributed by atoms with Crippen LogP contribution in [0.4, 0.5) is 5.82 Å². The summed E-state index contributed by atoms with van der Waals surface area (Å²) in [6.45, 7) is 0. The predicted molar refractivity (Wildman–Crippen MR) is 72.4 cm³/mol. The van der Waals surface area contributed by atoms with E-state index in [1.807, 2.05) is 0 Å². The smallest absolute Gasteiger partial charge is 0.266 e. The van der Waals surface area contributed by atoms with Crippen molar-refractivity contribution < 1.29 is 17.9 Å². The van der Waals surface area contributed by atoms with Gasteiger partial charge >= 0.3 is 0 Å². The Morgan fingerprint density at radius 3 is 2.55 bits per heavy atom. The van der Waals surface area contributed by atoms with Crippen molar-refractivity contribution in [2.45, 2.75) is 4.90 Å². The number of benzene rings is 1. The van der Waals surface area contributed by atoms with Crippen LogP contribution in [0.5, 0.6) is 11.5 Å². The van der Waals surface area contributed by atoms with Crippen LogP contribution >= 0.6 is 0 Å². The first kappa shape index (κ1) is 14.1. The molecule has 0 bridgehead atoms. The first-order chi connectivity index (χ1) is 9.56. The van der Waals surface area contributed by atoms with Gasteiger partial charge in [0, 0.05) is 12.3 Å². The Labute approximate surface area is 116 Å². The van der Waals surface area contributed by atoms with Crippen molar-refractivity contribution >= 4 is 15.8 Å². The molecule has 1 aromatic carbocycles. The van der Waals surface area contributed by atoms with Gasteiger partial charge in [-0.1, -0.05) is 0 Å². The highest BCUT2D eigenvalue weighted by molar-refractivity contribution is 7.92. The van der Waals surface area contributed by atoms with Gasteiger partial charge in [-0.25, -0.2) is 8.42 Å². The zero-order chi connectivity index (χ0) is 14.6. The van der Waals surface area contributed by atoms with Gasteiger partial charge in [-0.2, -0.15) is 5.10 Å². The number of methoxy groups -OCH3 is 2. The van der Waals surface area contributed by atoms with Gasteiger partial charge in [0.2, 0.25) is 0 Å². The van der Waals surface area contributed by atoms with Crippen molar-refractivity contribution in [3.8, 4) is 11.5 Å². The number of ether oxygens (including phenoxy) is 2. The van der Waals surface area contributed by atoms with E-state index < -0.39 is 10.0 Å². The number of hydrogen-bond acceptors (Lipinski definition) is 6. The topological polar surface area (TPSA) is 90.4 Å². The highest BCUT2D eigenvalue weighted by atomic mass is 32.2. The number of sulfonamides is 1. The highest BCUT2D eigenvalue weighted by Crippen LogP contribution is 2.29. The van der Waals surface area contributed by atoms with Gasteiger partial charge in [0.15, 0.2) is 5.82 Å². The van der Waals surface area contributed by atoms with Crippen molar-refractivity contribution in [3.05, 3.63) is 36.5 Å². The van der Waals surface area contributed by atoms with Gasteiger partial charge in [-0.3, -0.25) is 4.72 Å². The minimum Gasteiger partial charge on any atom is -0.497 e. The molecule has 0 aliphatic heterocycles. The fraction of sp³-hybridized carbons (Fsp3) is 0.167. The summed E-state index contributed by atoms with van der Waals surface area (Å²) >= 11 is 0. The molecule has 1 N–H and O–H groups in total. The Bertz CT molecular complexity index is 689. The lowest BCUT2D eigenvalue weighted by molar-refractivity contribution is 0.392. The SMILES string of the molecule is COc1ccc(OC)c(S(=O)(=O)Nc2cccnn2)c1. The van der Waals surface area contributed by atoms with Gasteiger partial charge in [0.1, 0.15) is 16.4 Å². The fourth-order valence-corrected chi connectivity index (χ4v) is 2.72. The summed E-state index contributed by atoms with van der Waals surface area (Å²) in [5.41, 5.74) is 0. The molecule has 0 radical (unpaired) electrons. The molecule has 8 heteroatoms. The molecule has 1 heterocycles. The van der Waals surface area contributed by atoms with Gasteiger partial charge in [0.05, 0.1) is 14.2 Å². The first-order valence-electron chi connectivity index (χ1n) is 5.59. The predicted octanol–water partition coefficient (Wildman–Crippen LogP) is 1.29. The zero-order valence-electron chi connectivity index (χ0n) is 10.9. The average molecular weight is 295 g/mol. The fourth-order valence-electron chi connectivity index (χ4n) is 1.54. The molecule has 7 nitrogen and oxygen atoms in total. The Kier molecular flexibility index (Phi) is 4.04. The number of aromatic nitrogens is 2. The standard InChI is InChI=1S/C12H13N3O4S/c1-18-9-5-6-10(19-2)11(8-9)20(16,17)15-12-4-3-7-13-14-12/h3-8H,1-2H3,(H,14,15). The monoisotopic (exact) mass is 295 g/mol. The van der Waals surface area contributed by atoms with Crippen LogP contribution in [0, 0.1) is 0 Å². The van der Waals surface area contributed by atoms with Crippen LogP contribution in [0.2, 0.25) is 0 Å². The molecule has 2 rings (SSSR count). The number of nitrogens with zero attached hydrogens (tertiary/aromatic N) is 2. The van der Waals surface area contributed by atoms with Crippen LogP contribution in [0.1, 0.15) is 0 Å². The molecule has 0 unspecified atom stereocenters. The van der Waals surface area contributed by atoms with E-state index in [1.165, 1.54) is 38.6 Å². The molecule has 2 aromatic rings. The minimum absolute atomic E-state index is 0.0370. The van der Waals surface area contributed by atoms with E-state index in [9.17, 15) is 8.42 Å². The number of rotatable bonds is 5. The van der Waals surface area contributed by atoms with Crippen LogP contribution in [0.3, 0.4) is 0 Å². The molecule has 106 valence electrons. The molecule has 0 atom stereocenters. The Morgan fingerprint density at radius 1 is 1.15 bits per heavy atom. The molecular formula is C12H13N3O4S. The molecule has 0 aliphatic rings. The quantitative estimate of drug-likeness (QED) is 0.894. The number of nitrogens with one attached hydrogen (secondary N) is 1. The van der Waals surface area contributed by atoms with Gasteiger partial charge in [-0.15, -0.1) is 5.10 Å². The van der Waals surface area contributed by atoms with E-state index in [2.05, 4.69) is 14.9 Å². The van der Waals surface area contributed by atoms with Crippen molar-refractivity contribution in [2.24, 2.45) is 0 Å². The number of anilines is 1. The third kappa shape index (κ3) is 2.97. The summed E-state index contributed by atoms with van der Waals surface area (Å²) < 4.78 is 37.1. The van der Waals surface area contributed by atoms with Crippen molar-refractivity contribution in [1.82, 2.24) is 10.2 Å². The lowest BCUT2D eigenvalue weighted by Gasteiger charge is -2.11. The van der Waals surface area contributed by atoms with Crippen LogP contribution in [0.25, 0.3) is 0 Å². The lowest BCUT2D eigenvalue weighted by atomic mass is 10.3. The number of hydrogen-bond donors (Lipinski definition) is 1. The second kappa shape index (κ2) is 5.74. The summed E-state index contributed by atoms with van der Waals surface area (Å²) in [5.74, 6) is 0.741. The van der Waals surface area contributed by atoms with Crippen LogP contribution < -0.4 is 14.2 Å². The molecule has 1 aromatic heterocycles. The zero-order valence-corrected chi connectivity index (χ0v) is 11.7. The van der Waals surface area contributed by atoms with Crippen molar-refractivity contribution in [1.29, 1.82) is 0 Å². The highest BCUT2D eigenvalue weighted by Gasteiger charge is 2.21. The molecule has 0 amide bonds. The van der Waals surface area contributed by atoms with Crippen molar-refractivity contribution in [2.75, 3.05) is 18.9 Å². The van der Waals surface area contributed by atoms with Crippen LogP contribution in [0.15, 0.2) is 41.4 Å². The van der Waals surface area contributed by atoms with Gasteiger partial charge in [0.25, 0.3) is 10.0 Å². The van der Waals surface area contributed by atoms with E-state index in [1.54, 1.807) is 12.1 Å². The summed E-state index contributed by atoms with van der Waals surface area (Å²) in [6, 6.07) is 7.58. The Balaban J connectivity index is 2.43. The summed E-state index contributed by atoms with van der Waals surface area (Å²) in [6.07, 6.45) is 1.45. The molecule has 20 heavy (non-hydrogen) atoms. The Hall–Kier alpha value is -2.35. The minimum atomic E-state index is -3.85. The largest absolute Gasteiger partial charge is 0.497 e. The van der Waals surface area contributed by atoms with Crippen molar-refractivity contribution in [3.63, 3.8) is 0 Å². The molecule has 0 fully saturated rings. The third-order valence-corrected chi connectivity index (χ3v) is 3.85. The second-order valence-electron chi connectivity index (χ2n) is 3.73. The summed E-state index contributed by atoms with van der Waals surface area (Å²) in [5, 5.41) is 7.28. The third-order valence-electron chi connectivity index (χ3n) is 2.47. The lowest BCUT2D eigenvalue weighted by Crippen LogP contribution is -2.15. The second-order valence-corrected chi connectivity index (χ2v) is 5.38. The first-order valence-corrected chi connectivity index (χ1v) is 7.07. The van der Waals surface area contributed by atoms with Crippen LogP contribution in [-0.2, 0) is 10.0 Å². The maximum Gasteiger partial charge on any atom is 0.266 e. The summed E-state index contributed by atoms with van der Waals surface area (Å²) in [7, 11) is -1.00. The van der Waals surface area contributed by atoms with E-state index in [4.69, 9.17) is 9.47 Å². The Morgan fingerprint density at radius 2 is 1.95 bits per heavy atom. The normalized spacial score (nSPS) is 10.9. The molecule has 0 saturated heterocycles. The van der Waals surface area contributed by atoms with Gasteiger partial charge < -0.3 is 9.47 Å². The molecular weight excluding hydrogens is 282 g/mol. The molecule has 0 aliphatic carbocycles. The van der Waals surface area contributed by atoms with E-state index in [-0.39, 0.29) is 16.5 Å². The summed E-state index contributed by atoms with van der Waals surface area (Å²) in [4.78, 5) is -0.0370. The van der Waals surface area contributed by atoms with E-state index in [0.29, 0.717) is 5.75 Å². The van der Waals surface area contributed by atoms with E-state index in [0.717, 1.165) is 0 Å². The average Bonchev–Trinajstić information content (AvgIpc) is 2.47. The van der Waals surface area contributed by atoms with Crippen LogP contribution in [-0.4, -0.2) is 32.8 Å². The molecule has 0 saturated carbocycles. The molecule has 0 spiro atoms. The van der Waals surface area contributed by atoms with Gasteiger partial charge in [-0.05, 0) is 24.3 Å². The maximum absolute atomic E-state index is 12.3.